The Bertz CT molecular complexity index is 681. The van der Waals surface area contributed by atoms with E-state index in [4.69, 9.17) is 11.6 Å². The SMILES string of the molecule is CC(Nc1ncc(Cl)c(NC(C)C(=O)NC(C)(C)C)n1)C(=O)NC(C)(C)C. The molecule has 0 fully saturated rings. The van der Waals surface area contributed by atoms with E-state index in [1.807, 2.05) is 41.5 Å². The number of nitrogens with one attached hydrogen (secondary N) is 4. The van der Waals surface area contributed by atoms with Gasteiger partial charge in [-0.25, -0.2) is 4.98 Å². The average molecular weight is 399 g/mol. The van der Waals surface area contributed by atoms with Crippen molar-refractivity contribution in [3.05, 3.63) is 11.2 Å². The molecule has 1 heterocycles. The predicted molar refractivity (Wildman–Crippen MR) is 109 cm³/mol. The van der Waals surface area contributed by atoms with E-state index < -0.39 is 12.1 Å². The van der Waals surface area contributed by atoms with Gasteiger partial charge in [0.15, 0.2) is 5.82 Å². The van der Waals surface area contributed by atoms with Crippen molar-refractivity contribution in [2.45, 2.75) is 78.6 Å². The Morgan fingerprint density at radius 2 is 1.37 bits per heavy atom. The molecule has 1 rings (SSSR count). The van der Waals surface area contributed by atoms with Gasteiger partial charge in [-0.3, -0.25) is 9.59 Å². The van der Waals surface area contributed by atoms with Crippen LogP contribution in [0, 0.1) is 0 Å². The van der Waals surface area contributed by atoms with Gasteiger partial charge in [0.05, 0.1) is 6.20 Å². The van der Waals surface area contributed by atoms with Crippen LogP contribution in [0.4, 0.5) is 11.8 Å². The summed E-state index contributed by atoms with van der Waals surface area (Å²) < 4.78 is 0. The number of hydrogen-bond acceptors (Lipinski definition) is 6. The number of carbonyl (C=O) groups is 2. The molecule has 152 valence electrons. The zero-order chi connectivity index (χ0) is 21.0. The van der Waals surface area contributed by atoms with E-state index in [1.54, 1.807) is 13.8 Å². The van der Waals surface area contributed by atoms with Gasteiger partial charge in [-0.2, -0.15) is 4.98 Å². The van der Waals surface area contributed by atoms with E-state index in [9.17, 15) is 9.59 Å². The van der Waals surface area contributed by atoms with Crippen LogP contribution in [0.3, 0.4) is 0 Å². The summed E-state index contributed by atoms with van der Waals surface area (Å²) in [5.41, 5.74) is -0.679. The van der Waals surface area contributed by atoms with Crippen LogP contribution in [-0.2, 0) is 9.59 Å². The fourth-order valence-electron chi connectivity index (χ4n) is 2.02. The maximum absolute atomic E-state index is 12.2. The van der Waals surface area contributed by atoms with Crippen molar-refractivity contribution in [3.8, 4) is 0 Å². The molecule has 0 saturated heterocycles. The summed E-state index contributed by atoms with van der Waals surface area (Å²) in [5.74, 6) is 0.203. The molecule has 2 unspecified atom stereocenters. The largest absolute Gasteiger partial charge is 0.357 e. The Labute approximate surface area is 166 Å². The first kappa shape index (κ1) is 23.0. The summed E-state index contributed by atoms with van der Waals surface area (Å²) in [7, 11) is 0. The van der Waals surface area contributed by atoms with Crippen molar-refractivity contribution in [1.29, 1.82) is 0 Å². The van der Waals surface area contributed by atoms with Gasteiger partial charge >= 0.3 is 0 Å². The molecule has 0 bridgehead atoms. The Hall–Kier alpha value is -2.09. The van der Waals surface area contributed by atoms with Crippen LogP contribution in [0.5, 0.6) is 0 Å². The van der Waals surface area contributed by atoms with E-state index in [1.165, 1.54) is 6.20 Å². The van der Waals surface area contributed by atoms with Gasteiger partial charge in [-0.1, -0.05) is 11.6 Å². The average Bonchev–Trinajstić information content (AvgIpc) is 2.47. The molecule has 1 aromatic heterocycles. The minimum Gasteiger partial charge on any atom is -0.357 e. The molecule has 27 heavy (non-hydrogen) atoms. The number of carbonyl (C=O) groups excluding carboxylic acids is 2. The lowest BCUT2D eigenvalue weighted by molar-refractivity contribution is -0.123. The second kappa shape index (κ2) is 8.73. The smallest absolute Gasteiger partial charge is 0.242 e. The molecule has 0 aliphatic rings. The first-order chi connectivity index (χ1) is 12.2. The zero-order valence-electron chi connectivity index (χ0n) is 17.3. The first-order valence-electron chi connectivity index (χ1n) is 8.87. The highest BCUT2D eigenvalue weighted by molar-refractivity contribution is 6.32. The fraction of sp³-hybridized carbons (Fsp3) is 0.667. The predicted octanol–water partition coefficient (Wildman–Crippen LogP) is 2.56. The number of rotatable bonds is 6. The van der Waals surface area contributed by atoms with Crippen LogP contribution in [0.15, 0.2) is 6.20 Å². The second-order valence-corrected chi connectivity index (χ2v) is 9.01. The van der Waals surface area contributed by atoms with Crippen molar-refractivity contribution in [3.63, 3.8) is 0 Å². The third kappa shape index (κ3) is 8.43. The summed E-state index contributed by atoms with van der Waals surface area (Å²) in [5, 5.41) is 12.0. The third-order valence-corrected chi connectivity index (χ3v) is 3.50. The molecule has 0 radical (unpaired) electrons. The minimum atomic E-state index is -0.550. The number of halogens is 1. The number of nitrogens with zero attached hydrogens (tertiary/aromatic N) is 2. The molecule has 1 aromatic rings. The van der Waals surface area contributed by atoms with Crippen molar-refractivity contribution in [2.75, 3.05) is 10.6 Å². The molecule has 4 N–H and O–H groups in total. The lowest BCUT2D eigenvalue weighted by Gasteiger charge is -2.24. The van der Waals surface area contributed by atoms with Crippen molar-refractivity contribution in [1.82, 2.24) is 20.6 Å². The molecule has 0 aliphatic carbocycles. The molecule has 8 nitrogen and oxygen atoms in total. The summed E-state index contributed by atoms with van der Waals surface area (Å²) in [4.78, 5) is 32.8. The zero-order valence-corrected chi connectivity index (χ0v) is 18.1. The van der Waals surface area contributed by atoms with Gasteiger partial charge in [-0.05, 0) is 55.4 Å². The molecule has 0 spiro atoms. The number of amides is 2. The van der Waals surface area contributed by atoms with Gasteiger partial charge in [0.1, 0.15) is 17.1 Å². The van der Waals surface area contributed by atoms with Crippen LogP contribution in [0.25, 0.3) is 0 Å². The first-order valence-corrected chi connectivity index (χ1v) is 9.25. The number of aromatic nitrogens is 2. The Kier molecular flexibility index (Phi) is 7.42. The lowest BCUT2D eigenvalue weighted by atomic mass is 10.1. The quantitative estimate of drug-likeness (QED) is 0.586. The Balaban J connectivity index is 2.82. The van der Waals surface area contributed by atoms with E-state index in [2.05, 4.69) is 31.2 Å². The normalized spacial score (nSPS) is 14.1. The highest BCUT2D eigenvalue weighted by Crippen LogP contribution is 2.20. The molecule has 2 amide bonds. The lowest BCUT2D eigenvalue weighted by Crippen LogP contribution is -2.47. The Morgan fingerprint density at radius 3 is 1.81 bits per heavy atom. The molecule has 0 aliphatic heterocycles. The standard InChI is InChI=1S/C18H31ClN6O2/c1-10(14(26)24-17(3,4)5)21-13-12(19)9-20-16(23-13)22-11(2)15(27)25-18(6,7)8/h9-11H,1-8H3,(H,24,26)(H,25,27)(H2,20,21,22,23). The van der Waals surface area contributed by atoms with Crippen LogP contribution in [-0.4, -0.2) is 44.9 Å². The van der Waals surface area contributed by atoms with Gasteiger partial charge in [0, 0.05) is 11.1 Å². The van der Waals surface area contributed by atoms with Crippen molar-refractivity contribution in [2.24, 2.45) is 0 Å². The minimum absolute atomic E-state index is 0.173. The molecule has 9 heteroatoms. The third-order valence-electron chi connectivity index (χ3n) is 3.23. The second-order valence-electron chi connectivity index (χ2n) is 8.60. The van der Waals surface area contributed by atoms with Crippen LogP contribution < -0.4 is 21.3 Å². The molecule has 0 aromatic carbocycles. The molecular formula is C18H31ClN6O2. The number of hydrogen-bond donors (Lipinski definition) is 4. The highest BCUT2D eigenvalue weighted by Gasteiger charge is 2.22. The van der Waals surface area contributed by atoms with Crippen LogP contribution >= 0.6 is 11.6 Å². The Morgan fingerprint density at radius 1 is 0.926 bits per heavy atom. The van der Waals surface area contributed by atoms with Crippen molar-refractivity contribution >= 4 is 35.2 Å². The molecular weight excluding hydrogens is 368 g/mol. The van der Waals surface area contributed by atoms with Crippen LogP contribution in [0.2, 0.25) is 5.02 Å². The van der Waals surface area contributed by atoms with Crippen molar-refractivity contribution < 1.29 is 9.59 Å². The summed E-state index contributed by atoms with van der Waals surface area (Å²) in [6.45, 7) is 14.9. The van der Waals surface area contributed by atoms with E-state index in [-0.39, 0.29) is 33.9 Å². The summed E-state index contributed by atoms with van der Waals surface area (Å²) in [6.07, 6.45) is 1.42. The van der Waals surface area contributed by atoms with Gasteiger partial charge < -0.3 is 21.3 Å². The maximum Gasteiger partial charge on any atom is 0.242 e. The molecule has 0 saturated carbocycles. The van der Waals surface area contributed by atoms with E-state index in [0.29, 0.717) is 5.82 Å². The monoisotopic (exact) mass is 398 g/mol. The number of anilines is 2. The van der Waals surface area contributed by atoms with E-state index in [0.717, 1.165) is 0 Å². The molecule has 2 atom stereocenters. The highest BCUT2D eigenvalue weighted by atomic mass is 35.5. The maximum atomic E-state index is 12.2. The van der Waals surface area contributed by atoms with Gasteiger partial charge in [0.2, 0.25) is 17.8 Å². The van der Waals surface area contributed by atoms with E-state index >= 15 is 0 Å². The fourth-order valence-corrected chi connectivity index (χ4v) is 2.17. The summed E-state index contributed by atoms with van der Waals surface area (Å²) >= 11 is 6.14. The topological polar surface area (TPSA) is 108 Å². The summed E-state index contributed by atoms with van der Waals surface area (Å²) in [6, 6.07) is -1.09. The van der Waals surface area contributed by atoms with Crippen LogP contribution in [0.1, 0.15) is 55.4 Å². The van der Waals surface area contributed by atoms with Gasteiger partial charge in [-0.15, -0.1) is 0 Å². The van der Waals surface area contributed by atoms with Gasteiger partial charge in [0.25, 0.3) is 0 Å².